The quantitative estimate of drug-likeness (QED) is 0.0620. The lowest BCUT2D eigenvalue weighted by atomic mass is 9.87. The Labute approximate surface area is 843 Å². The number of pyridine rings is 1. The number of rotatable bonds is 11. The molecule has 3 N–H and O–H groups in total. The lowest BCUT2D eigenvalue weighted by molar-refractivity contribution is -0.125. The van der Waals surface area contributed by atoms with Crippen molar-refractivity contribution in [3.05, 3.63) is 246 Å². The van der Waals surface area contributed by atoms with E-state index in [1.54, 1.807) is 78.7 Å². The minimum atomic E-state index is -0.285. The van der Waals surface area contributed by atoms with Gasteiger partial charge in [-0.3, -0.25) is 58.4 Å². The number of nitrogens with zero attached hydrogens (tertiary/aromatic N) is 9. The molecule has 8 aliphatic rings. The van der Waals surface area contributed by atoms with Gasteiger partial charge in [0.05, 0.1) is 53.9 Å². The molecule has 16 rings (SSSR count). The van der Waals surface area contributed by atoms with Crippen LogP contribution in [0.3, 0.4) is 0 Å². The number of carbonyl (C=O) groups is 6. The Hall–Kier alpha value is -7.54. The molecular formula is C96H98Cl4N12O7S12. The van der Waals surface area contributed by atoms with Crippen molar-refractivity contribution in [3.63, 3.8) is 0 Å². The van der Waals surface area contributed by atoms with Crippen molar-refractivity contribution in [2.24, 2.45) is 0 Å². The van der Waals surface area contributed by atoms with Gasteiger partial charge in [0.25, 0.3) is 35.4 Å². The first-order chi connectivity index (χ1) is 61.8. The van der Waals surface area contributed by atoms with Gasteiger partial charge >= 0.3 is 0 Å². The van der Waals surface area contributed by atoms with Gasteiger partial charge in [0.2, 0.25) is 0 Å². The number of thioether (sulfide) groups is 6. The fourth-order valence-corrected chi connectivity index (χ4v) is 22.9. The SMILES string of the molecule is CC(C)(C)c1ccc(/C=C2\SC(=S)N(C(C)(C)C)C2=O)cc1.CC(C)(C)c1ccc(/C=C2\SC(=S)NC2=O)cn1.CC(C)(C)c1cnc(/C=C2\SC(=S)NC2=O)cn1.CC/C(=C1/SC(=S)N(c2ccccc2)C1=O)c1c(Cl)cccc1Cl.Cc1nc(C)nc(/C=C2\SC(=S)NC2=O)n1.O=C1/C(=C(\OC2CCCCC2)c2cc(Cl)c3ccc(Cl)cc3c2)SC(=S)N1C1CCCCC1. The number of benzene rings is 5. The third-order valence-electron chi connectivity index (χ3n) is 20.8. The molecule has 0 radical (unpaired) electrons. The van der Waals surface area contributed by atoms with Crippen LogP contribution in [0.25, 0.3) is 46.4 Å². The zero-order chi connectivity index (χ0) is 95.3. The van der Waals surface area contributed by atoms with E-state index < -0.39 is 0 Å². The molecule has 684 valence electrons. The number of halogens is 4. The van der Waals surface area contributed by atoms with Gasteiger partial charge in [-0.2, -0.15) is 0 Å². The number of hydrogen-bond donors (Lipinski definition) is 3. The topological polar surface area (TPSA) is 235 Å². The van der Waals surface area contributed by atoms with Crippen molar-refractivity contribution >= 4 is 304 Å². The number of nitrogens with one attached hydrogen (secondary N) is 3. The Morgan fingerprint density at radius 3 is 1.54 bits per heavy atom. The normalized spacial score (nSPS) is 19.0. The average molecular weight is 2060 g/mol. The maximum Gasteiger partial charge on any atom is 0.271 e. The minimum Gasteiger partial charge on any atom is -0.488 e. The van der Waals surface area contributed by atoms with Crippen LogP contribution >= 0.6 is 190 Å². The Kier molecular flexibility index (Phi) is 36.4. The van der Waals surface area contributed by atoms with E-state index in [9.17, 15) is 28.8 Å². The molecule has 19 nitrogen and oxygen atoms in total. The number of ether oxygens (including phenoxy) is 1. The fourth-order valence-electron chi connectivity index (χ4n) is 14.2. The number of para-hydroxylation sites is 1. The Balaban J connectivity index is 0.000000155. The number of allylic oxidation sites excluding steroid dienone is 1. The van der Waals surface area contributed by atoms with Gasteiger partial charge in [0.15, 0.2) is 10.1 Å². The third kappa shape index (κ3) is 28.1. The van der Waals surface area contributed by atoms with Crippen LogP contribution in [0.15, 0.2) is 163 Å². The van der Waals surface area contributed by atoms with Gasteiger partial charge in [-0.25, -0.2) is 15.0 Å². The summed E-state index contributed by atoms with van der Waals surface area (Å²) in [5, 5.41) is 11.9. The second kappa shape index (κ2) is 45.9. The Morgan fingerprint density at radius 2 is 1.03 bits per heavy atom. The number of hydrogen-bond acceptors (Lipinski definition) is 25. The first-order valence-electron chi connectivity index (χ1n) is 42.1. The van der Waals surface area contributed by atoms with Gasteiger partial charge in [-0.1, -0.05) is 346 Å². The first-order valence-corrected chi connectivity index (χ1v) is 50.9. The van der Waals surface area contributed by atoms with E-state index >= 15 is 0 Å². The molecule has 0 spiro atoms. The van der Waals surface area contributed by atoms with Gasteiger partial charge in [0.1, 0.15) is 43.9 Å². The predicted molar refractivity (Wildman–Crippen MR) is 572 cm³/mol. The van der Waals surface area contributed by atoms with E-state index in [1.165, 1.54) is 89.0 Å². The van der Waals surface area contributed by atoms with E-state index in [1.807, 2.05) is 111 Å². The van der Waals surface area contributed by atoms with Gasteiger partial charge in [-0.15, -0.1) is 0 Å². The molecule has 2 aliphatic carbocycles. The van der Waals surface area contributed by atoms with Gasteiger partial charge in [-0.05, 0) is 185 Å². The molecule has 0 atom stereocenters. The van der Waals surface area contributed by atoms with Crippen LogP contribution in [0.1, 0.15) is 223 Å². The highest BCUT2D eigenvalue weighted by Crippen LogP contribution is 2.47. The van der Waals surface area contributed by atoms with Crippen molar-refractivity contribution in [1.29, 1.82) is 0 Å². The summed E-state index contributed by atoms with van der Waals surface area (Å²) in [4.78, 5) is 108. The summed E-state index contributed by atoms with van der Waals surface area (Å²) in [5.74, 6) is 1.68. The summed E-state index contributed by atoms with van der Waals surface area (Å²) >= 11 is 64.6. The van der Waals surface area contributed by atoms with Crippen molar-refractivity contribution < 1.29 is 33.5 Å². The Bertz CT molecular complexity index is 5890. The van der Waals surface area contributed by atoms with E-state index in [4.69, 9.17) is 124 Å². The average Bonchev–Trinajstić information content (AvgIpc) is 1.63. The van der Waals surface area contributed by atoms with E-state index in [-0.39, 0.29) is 69.4 Å². The molecule has 35 heteroatoms. The molecule has 9 heterocycles. The molecule has 3 aromatic heterocycles. The smallest absolute Gasteiger partial charge is 0.271 e. The highest BCUT2D eigenvalue weighted by molar-refractivity contribution is 8.29. The minimum absolute atomic E-state index is 0.00222. The zero-order valence-corrected chi connectivity index (χ0v) is 87.6. The summed E-state index contributed by atoms with van der Waals surface area (Å²) in [6.45, 7) is 30.7. The molecule has 6 aliphatic heterocycles. The highest BCUT2D eigenvalue weighted by Gasteiger charge is 2.43. The molecular weight excluding hydrogens is 1960 g/mol. The molecule has 6 saturated heterocycles. The third-order valence-corrected chi connectivity index (χ3v) is 29.5. The standard InChI is InChI=1S/C26H27Cl2NO2S2.C18H13Cl2NOS2.C18H23NOS2.C13H14N2OS2.C12H13N3OS2.C9H8N4OS2/c27-18-11-12-21-16(14-18)13-17(15-22(21)28)23(31-20-9-5-2-6-10-20)24-25(30)29(26(32)33-24)19-7-3-1-4-8-19;1-2-12(15-13(19)9-6-10-14(15)20)16-17(22)21(18(23)24-16)11-7-4-3-5-8-11;1-17(2,3)13-9-7-12(8-10-13)11-14-15(20)19(16(21)22-14)18(4,5)6;1-13(2,3)10-5-4-8(7-14-10)6-9-11(16)15-12(17)18-9;1-12(2,3)9-6-13-7(5-14-9)4-8-10(16)15-11(17)18-8;1-4-10-5(2)12-7(11-4)3-6-8(14)13-9(15)16-6/h11-15,19-20H,1-10H2;3-10H,2H2,1H3;7-11H,1-6H3;4-7H,1-3H3,(H,15,16,17);4-6H,1-3H3,(H,15,16,17);3H,1-2H3,(H,13,14,15)/b24-23+;16-12-;14-11-;9-6-;8-4-;6-3-. The summed E-state index contributed by atoms with van der Waals surface area (Å²) < 4.78 is 9.83. The maximum absolute atomic E-state index is 13.7. The first kappa shape index (κ1) is 104. The number of aromatic nitrogens is 6. The molecule has 8 fully saturated rings. The van der Waals surface area contributed by atoms with Gasteiger partial charge in [0, 0.05) is 83.2 Å². The van der Waals surface area contributed by atoms with Crippen LogP contribution in [-0.4, -0.2) is 119 Å². The molecule has 8 aromatic rings. The lowest BCUT2D eigenvalue weighted by Gasteiger charge is -2.30. The number of amides is 6. The molecule has 6 amide bonds. The van der Waals surface area contributed by atoms with Crippen LogP contribution in [0.4, 0.5) is 5.69 Å². The summed E-state index contributed by atoms with van der Waals surface area (Å²) in [6, 6.07) is 36.8. The van der Waals surface area contributed by atoms with Gasteiger partial charge < -0.3 is 20.7 Å². The summed E-state index contributed by atoms with van der Waals surface area (Å²) in [6.07, 6.45) is 24.0. The number of anilines is 1. The zero-order valence-electron chi connectivity index (χ0n) is 74.7. The van der Waals surface area contributed by atoms with Crippen molar-refractivity contribution in [1.82, 2.24) is 55.7 Å². The molecule has 0 bridgehead atoms. The number of fused-ring (bicyclic) bond motifs is 1. The number of aryl methyl sites for hydroxylation is 2. The predicted octanol–water partition coefficient (Wildman–Crippen LogP) is 25.6. The molecule has 131 heavy (non-hydrogen) atoms. The second-order valence-electron chi connectivity index (χ2n) is 35.0. The summed E-state index contributed by atoms with van der Waals surface area (Å²) in [5.41, 5.74) is 8.78. The summed E-state index contributed by atoms with van der Waals surface area (Å²) in [7, 11) is 0. The highest BCUT2D eigenvalue weighted by atomic mass is 35.5. The van der Waals surface area contributed by atoms with E-state index in [2.05, 4.69) is 132 Å². The van der Waals surface area contributed by atoms with E-state index in [0.717, 1.165) is 101 Å². The number of thiocarbonyl (C=S) groups is 6. The lowest BCUT2D eigenvalue weighted by Crippen LogP contribution is -2.44. The fraction of sp³-hybridized carbons (Fsp3) is 0.333. The molecule has 0 unspecified atom stereocenters. The largest absolute Gasteiger partial charge is 0.488 e. The van der Waals surface area contributed by atoms with Crippen LogP contribution in [-0.2, 0) is 49.7 Å². The molecule has 5 aromatic carbocycles. The van der Waals surface area contributed by atoms with Crippen LogP contribution in [0, 0.1) is 13.8 Å². The van der Waals surface area contributed by atoms with Crippen LogP contribution < -0.4 is 20.9 Å². The monoisotopic (exact) mass is 2050 g/mol. The maximum atomic E-state index is 13.7. The second-order valence-corrected chi connectivity index (χ2v) is 46.8. The van der Waals surface area contributed by atoms with Crippen LogP contribution in [0.5, 0.6) is 0 Å². The Morgan fingerprint density at radius 1 is 0.489 bits per heavy atom. The molecule has 2 saturated carbocycles. The number of carbonyl (C=O) groups excluding carboxylic acids is 6. The van der Waals surface area contributed by atoms with E-state index in [0.29, 0.717) is 116 Å². The van der Waals surface area contributed by atoms with Crippen LogP contribution in [0.2, 0.25) is 20.1 Å². The van der Waals surface area contributed by atoms with Crippen molar-refractivity contribution in [3.8, 4) is 0 Å². The van der Waals surface area contributed by atoms with Crippen molar-refractivity contribution in [2.75, 3.05) is 4.90 Å². The van der Waals surface area contributed by atoms with Crippen molar-refractivity contribution in [2.45, 2.75) is 208 Å².